The number of hydrogen-bond acceptors (Lipinski definition) is 4. The number of esters is 1. The Hall–Kier alpha value is -1.88. The van der Waals surface area contributed by atoms with Crippen molar-refractivity contribution in [2.75, 3.05) is 6.61 Å². The Morgan fingerprint density at radius 2 is 1.49 bits per heavy atom. The van der Waals surface area contributed by atoms with Crippen LogP contribution >= 0.6 is 0 Å². The minimum absolute atomic E-state index is 0.0128. The Kier molecular flexibility index (Phi) is 6.47. The average molecular weight is 591 g/mol. The normalized spacial score (nSPS) is 47.3. The van der Waals surface area contributed by atoms with Crippen LogP contribution in [0.3, 0.4) is 0 Å². The van der Waals surface area contributed by atoms with E-state index in [9.17, 15) is 14.7 Å². The zero-order valence-electron chi connectivity index (χ0n) is 27.6. The maximum Gasteiger partial charge on any atom is 0.339 e. The van der Waals surface area contributed by atoms with Gasteiger partial charge in [0.05, 0.1) is 23.8 Å². The fraction of sp³-hybridized carbons (Fsp3) is 0.789. The van der Waals surface area contributed by atoms with Crippen molar-refractivity contribution in [2.24, 2.45) is 56.2 Å². The second kappa shape index (κ2) is 9.33. The molecule has 6 aliphatic rings. The standard InChI is InChI=1S/C38H54O5/c1-33(2)18-20-38-21-19-36(6)25(29(38)30(33)42-22-38)12-13-27-35(5)16-15-28(34(3,4)26(35)14-17-37(27,36)7)43-32(41)24-11-9-8-10-23(24)31(39)40/h8-11,25-30H,12-22H2,1-7H3,(H,39,40)/t25-,26-,27-,28+,29+,30-,35+,36-,37-,38+/m1/s1. The zero-order chi connectivity index (χ0) is 30.8. The molecule has 0 spiro atoms. The van der Waals surface area contributed by atoms with E-state index < -0.39 is 11.9 Å². The summed E-state index contributed by atoms with van der Waals surface area (Å²) >= 11 is 0. The highest BCUT2D eigenvalue weighted by atomic mass is 16.5. The Morgan fingerprint density at radius 3 is 2.21 bits per heavy atom. The van der Waals surface area contributed by atoms with E-state index in [0.717, 1.165) is 25.4 Å². The van der Waals surface area contributed by atoms with Gasteiger partial charge >= 0.3 is 11.9 Å². The number of carbonyl (C=O) groups is 2. The molecule has 0 amide bonds. The van der Waals surface area contributed by atoms with E-state index in [1.54, 1.807) is 18.2 Å². The smallest absolute Gasteiger partial charge is 0.339 e. The van der Waals surface area contributed by atoms with Crippen molar-refractivity contribution in [3.8, 4) is 0 Å². The Labute approximate surface area is 258 Å². The first kappa shape index (κ1) is 29.8. The molecule has 1 aromatic rings. The van der Waals surface area contributed by atoms with Crippen LogP contribution in [-0.4, -0.2) is 35.9 Å². The lowest BCUT2D eigenvalue weighted by Crippen LogP contribution is -2.68. The van der Waals surface area contributed by atoms with Crippen LogP contribution in [0.2, 0.25) is 0 Å². The molecule has 5 saturated carbocycles. The first-order valence-electron chi connectivity index (χ1n) is 17.3. The molecule has 1 heterocycles. The largest absolute Gasteiger partial charge is 0.478 e. The lowest BCUT2D eigenvalue weighted by Gasteiger charge is -2.73. The molecular weight excluding hydrogens is 536 g/mol. The van der Waals surface area contributed by atoms with Crippen LogP contribution in [0.15, 0.2) is 24.3 Å². The molecule has 1 N–H and O–H groups in total. The number of rotatable bonds is 3. The monoisotopic (exact) mass is 590 g/mol. The molecular formula is C38H54O5. The SMILES string of the molecule is CC1(C)CC[C@@]23CC[C@]4(C)[C@H](CC[C@@H]5[C@@]6(C)CC[C@H](OC(=O)c7ccccc7C(=O)O)C(C)(C)[C@H]6CC[C@]54C)[C@H]2[C@H]1OC3. The van der Waals surface area contributed by atoms with Crippen LogP contribution in [0.25, 0.3) is 0 Å². The fourth-order valence-corrected chi connectivity index (χ4v) is 13.2. The van der Waals surface area contributed by atoms with Gasteiger partial charge in [-0.3, -0.25) is 0 Å². The quantitative estimate of drug-likeness (QED) is 0.356. The fourth-order valence-electron chi connectivity index (χ4n) is 13.2. The van der Waals surface area contributed by atoms with Crippen molar-refractivity contribution in [3.05, 3.63) is 35.4 Å². The summed E-state index contributed by atoms with van der Waals surface area (Å²) in [5.74, 6) is 0.976. The molecule has 1 saturated heterocycles. The van der Waals surface area contributed by atoms with Gasteiger partial charge in [0.1, 0.15) is 6.10 Å². The molecule has 1 aliphatic heterocycles. The van der Waals surface area contributed by atoms with Crippen LogP contribution in [0.4, 0.5) is 0 Å². The molecule has 2 bridgehead atoms. The molecule has 7 rings (SSSR count). The Morgan fingerprint density at radius 1 is 0.791 bits per heavy atom. The molecule has 0 unspecified atom stereocenters. The summed E-state index contributed by atoms with van der Waals surface area (Å²) in [4.78, 5) is 25.2. The van der Waals surface area contributed by atoms with Gasteiger partial charge in [0.25, 0.3) is 0 Å². The summed E-state index contributed by atoms with van der Waals surface area (Å²) in [6, 6.07) is 6.43. The molecule has 0 radical (unpaired) electrons. The summed E-state index contributed by atoms with van der Waals surface area (Å²) in [7, 11) is 0. The van der Waals surface area contributed by atoms with Gasteiger partial charge in [-0.15, -0.1) is 0 Å². The van der Waals surface area contributed by atoms with E-state index in [4.69, 9.17) is 9.47 Å². The third-order valence-corrected chi connectivity index (χ3v) is 15.7. The van der Waals surface area contributed by atoms with Gasteiger partial charge < -0.3 is 14.6 Å². The minimum atomic E-state index is -1.09. The van der Waals surface area contributed by atoms with Gasteiger partial charge in [0.2, 0.25) is 0 Å². The van der Waals surface area contributed by atoms with Crippen LogP contribution in [0, 0.1) is 56.2 Å². The number of hydrogen-bond donors (Lipinski definition) is 1. The third-order valence-electron chi connectivity index (χ3n) is 15.7. The maximum atomic E-state index is 13.4. The number of fused-ring (bicyclic) bond motifs is 5. The summed E-state index contributed by atoms with van der Waals surface area (Å²) in [6.45, 7) is 18.5. The summed E-state index contributed by atoms with van der Waals surface area (Å²) in [5.41, 5.74) is 1.49. The third kappa shape index (κ3) is 3.85. The molecule has 0 aromatic heterocycles. The van der Waals surface area contributed by atoms with Crippen molar-refractivity contribution in [1.82, 2.24) is 0 Å². The van der Waals surface area contributed by atoms with Crippen LogP contribution in [0.5, 0.6) is 0 Å². The van der Waals surface area contributed by atoms with Crippen LogP contribution in [0.1, 0.15) is 133 Å². The molecule has 1 aromatic carbocycles. The van der Waals surface area contributed by atoms with Crippen molar-refractivity contribution >= 4 is 11.9 Å². The summed E-state index contributed by atoms with van der Waals surface area (Å²) in [5, 5.41) is 9.66. The highest BCUT2D eigenvalue weighted by molar-refractivity contribution is 6.02. The number of ether oxygens (including phenoxy) is 2. The summed E-state index contributed by atoms with van der Waals surface area (Å²) < 4.78 is 13.0. The minimum Gasteiger partial charge on any atom is -0.478 e. The first-order chi connectivity index (χ1) is 20.1. The molecule has 5 heteroatoms. The van der Waals surface area contributed by atoms with Crippen LogP contribution < -0.4 is 0 Å². The zero-order valence-corrected chi connectivity index (χ0v) is 27.6. The van der Waals surface area contributed by atoms with Gasteiger partial charge in [0, 0.05) is 5.41 Å². The van der Waals surface area contributed by atoms with E-state index in [0.29, 0.717) is 40.1 Å². The van der Waals surface area contributed by atoms with Gasteiger partial charge in [-0.05, 0) is 127 Å². The van der Waals surface area contributed by atoms with Gasteiger partial charge in [-0.1, -0.05) is 60.6 Å². The van der Waals surface area contributed by atoms with Crippen molar-refractivity contribution in [3.63, 3.8) is 0 Å². The van der Waals surface area contributed by atoms with Crippen molar-refractivity contribution < 1.29 is 24.2 Å². The Bertz CT molecular complexity index is 1330. The topological polar surface area (TPSA) is 72.8 Å². The van der Waals surface area contributed by atoms with Crippen LogP contribution in [-0.2, 0) is 9.47 Å². The molecule has 236 valence electrons. The van der Waals surface area contributed by atoms with E-state index in [-0.39, 0.29) is 33.5 Å². The number of carbonyl (C=O) groups excluding carboxylic acids is 1. The molecule has 10 atom stereocenters. The number of aromatic carboxylic acids is 1. The van der Waals surface area contributed by atoms with Gasteiger partial charge in [0.15, 0.2) is 0 Å². The second-order valence-corrected chi connectivity index (χ2v) is 17.9. The highest BCUT2D eigenvalue weighted by Gasteiger charge is 2.73. The first-order valence-corrected chi connectivity index (χ1v) is 17.3. The lowest BCUT2D eigenvalue weighted by molar-refractivity contribution is -0.252. The van der Waals surface area contributed by atoms with Gasteiger partial charge in [-0.2, -0.15) is 0 Å². The van der Waals surface area contributed by atoms with E-state index in [2.05, 4.69) is 48.5 Å². The number of carboxylic acids is 1. The van der Waals surface area contributed by atoms with E-state index in [1.165, 1.54) is 57.4 Å². The predicted octanol–water partition coefficient (Wildman–Crippen LogP) is 8.80. The molecule has 5 nitrogen and oxygen atoms in total. The van der Waals surface area contributed by atoms with E-state index in [1.807, 2.05) is 0 Å². The molecule has 6 fully saturated rings. The van der Waals surface area contributed by atoms with Gasteiger partial charge in [-0.25, -0.2) is 9.59 Å². The second-order valence-electron chi connectivity index (χ2n) is 17.9. The Balaban J connectivity index is 1.16. The maximum absolute atomic E-state index is 13.4. The van der Waals surface area contributed by atoms with Crippen molar-refractivity contribution in [1.29, 1.82) is 0 Å². The predicted molar refractivity (Wildman–Crippen MR) is 167 cm³/mol. The average Bonchev–Trinajstić information content (AvgIpc) is 3.29. The number of benzene rings is 1. The van der Waals surface area contributed by atoms with Crippen molar-refractivity contribution in [2.45, 2.75) is 125 Å². The lowest BCUT2D eigenvalue weighted by atomic mass is 9.31. The summed E-state index contributed by atoms with van der Waals surface area (Å²) in [6.07, 6.45) is 12.4. The molecule has 43 heavy (non-hydrogen) atoms. The van der Waals surface area contributed by atoms with E-state index >= 15 is 0 Å². The number of carboxylic acid groups (broad SMARTS) is 1. The molecule has 5 aliphatic carbocycles. The highest BCUT2D eigenvalue weighted by Crippen LogP contribution is 2.78.